The molecular formula is C30H46O4. The summed E-state index contributed by atoms with van der Waals surface area (Å²) in [5, 5.41) is 20.9. The SMILES string of the molecule is CC(C)=CCC[C@@H](C)[C@H]1CC[C@@]2(C)C3=C(CC[C@]12C)[C@@]1(C)CC[C@H](O)[C@@](C)(C(=O)O)[C@@H]1CC3=O. The van der Waals surface area contributed by atoms with Crippen molar-refractivity contribution in [1.29, 1.82) is 0 Å². The third kappa shape index (κ3) is 3.33. The fourth-order valence-corrected chi connectivity index (χ4v) is 9.15. The van der Waals surface area contributed by atoms with E-state index in [0.29, 0.717) is 18.3 Å². The van der Waals surface area contributed by atoms with Crippen LogP contribution in [0.15, 0.2) is 22.8 Å². The van der Waals surface area contributed by atoms with Crippen LogP contribution in [0.3, 0.4) is 0 Å². The number of carboxylic acid groups (broad SMARTS) is 1. The highest BCUT2D eigenvalue weighted by atomic mass is 16.4. The number of aliphatic hydroxyl groups is 1. The molecule has 0 bridgehead atoms. The molecule has 4 aliphatic rings. The molecule has 0 amide bonds. The molecule has 0 unspecified atom stereocenters. The first kappa shape index (κ1) is 25.7. The first-order valence-electron chi connectivity index (χ1n) is 13.6. The zero-order chi connectivity index (χ0) is 25.3. The van der Waals surface area contributed by atoms with E-state index in [1.165, 1.54) is 24.0 Å². The van der Waals surface area contributed by atoms with Crippen LogP contribution in [0.5, 0.6) is 0 Å². The lowest BCUT2D eigenvalue weighted by Crippen LogP contribution is -2.60. The molecule has 0 saturated heterocycles. The predicted molar refractivity (Wildman–Crippen MR) is 135 cm³/mol. The van der Waals surface area contributed by atoms with Crippen molar-refractivity contribution in [2.75, 3.05) is 0 Å². The van der Waals surface area contributed by atoms with E-state index in [2.05, 4.69) is 47.6 Å². The van der Waals surface area contributed by atoms with Gasteiger partial charge in [-0.25, -0.2) is 0 Å². The van der Waals surface area contributed by atoms with Crippen molar-refractivity contribution >= 4 is 11.8 Å². The number of fused-ring (bicyclic) bond motifs is 4. The summed E-state index contributed by atoms with van der Waals surface area (Å²) in [5.41, 5.74) is 2.03. The van der Waals surface area contributed by atoms with Crippen LogP contribution in [-0.4, -0.2) is 28.1 Å². The van der Waals surface area contributed by atoms with Gasteiger partial charge in [0.25, 0.3) is 0 Å². The number of allylic oxidation sites excluding steroid dienone is 4. The highest BCUT2D eigenvalue weighted by Gasteiger charge is 2.67. The molecule has 4 rings (SSSR count). The van der Waals surface area contributed by atoms with Gasteiger partial charge in [-0.1, -0.05) is 44.9 Å². The minimum absolute atomic E-state index is 0.0966. The van der Waals surface area contributed by atoms with Gasteiger partial charge in [-0.05, 0) is 101 Å². The number of hydrogen-bond donors (Lipinski definition) is 2. The number of rotatable bonds is 5. The smallest absolute Gasteiger partial charge is 0.312 e. The Morgan fingerprint density at radius 3 is 2.41 bits per heavy atom. The lowest BCUT2D eigenvalue weighted by molar-refractivity contribution is -0.176. The average molecular weight is 471 g/mol. The number of hydrogen-bond acceptors (Lipinski definition) is 3. The van der Waals surface area contributed by atoms with Gasteiger partial charge in [0.15, 0.2) is 5.78 Å². The van der Waals surface area contributed by atoms with Gasteiger partial charge < -0.3 is 10.2 Å². The van der Waals surface area contributed by atoms with E-state index < -0.39 is 17.5 Å². The molecule has 4 aliphatic carbocycles. The molecule has 0 spiro atoms. The van der Waals surface area contributed by atoms with Crippen LogP contribution < -0.4 is 0 Å². The van der Waals surface area contributed by atoms with Crippen molar-refractivity contribution in [3.8, 4) is 0 Å². The maximum Gasteiger partial charge on any atom is 0.312 e. The van der Waals surface area contributed by atoms with Crippen molar-refractivity contribution in [3.63, 3.8) is 0 Å². The zero-order valence-corrected chi connectivity index (χ0v) is 22.5. The molecule has 8 atom stereocenters. The fourth-order valence-electron chi connectivity index (χ4n) is 9.15. The third-order valence-electron chi connectivity index (χ3n) is 11.6. The molecule has 4 nitrogen and oxygen atoms in total. The second-order valence-electron chi connectivity index (χ2n) is 13.3. The summed E-state index contributed by atoms with van der Waals surface area (Å²) in [7, 11) is 0. The number of ketones is 1. The minimum atomic E-state index is -1.28. The average Bonchev–Trinajstić information content (AvgIpc) is 3.03. The van der Waals surface area contributed by atoms with Crippen molar-refractivity contribution in [3.05, 3.63) is 22.8 Å². The van der Waals surface area contributed by atoms with Gasteiger partial charge in [0.05, 0.1) is 11.5 Å². The molecular weight excluding hydrogens is 424 g/mol. The van der Waals surface area contributed by atoms with Crippen molar-refractivity contribution in [1.82, 2.24) is 0 Å². The third-order valence-corrected chi connectivity index (χ3v) is 11.6. The van der Waals surface area contributed by atoms with E-state index in [-0.39, 0.29) is 34.4 Å². The summed E-state index contributed by atoms with van der Waals surface area (Å²) in [6.45, 7) is 15.4. The quantitative estimate of drug-likeness (QED) is 0.437. The van der Waals surface area contributed by atoms with Crippen LogP contribution in [-0.2, 0) is 9.59 Å². The molecule has 190 valence electrons. The number of aliphatic carboxylic acids is 1. The molecule has 0 heterocycles. The minimum Gasteiger partial charge on any atom is -0.481 e. The summed E-state index contributed by atoms with van der Waals surface area (Å²) in [4.78, 5) is 26.3. The highest BCUT2D eigenvalue weighted by molar-refractivity contribution is 6.00. The molecule has 2 fully saturated rings. The van der Waals surface area contributed by atoms with E-state index in [1.54, 1.807) is 6.92 Å². The van der Waals surface area contributed by atoms with Gasteiger partial charge >= 0.3 is 5.97 Å². The molecule has 0 aromatic heterocycles. The Labute approximate surface area is 206 Å². The van der Waals surface area contributed by atoms with E-state index in [1.807, 2.05) is 0 Å². The van der Waals surface area contributed by atoms with Crippen LogP contribution in [0.1, 0.15) is 106 Å². The number of carboxylic acids is 1. The summed E-state index contributed by atoms with van der Waals surface area (Å²) in [5.74, 6) is 0.0661. The maximum absolute atomic E-state index is 13.9. The first-order valence-corrected chi connectivity index (χ1v) is 13.6. The van der Waals surface area contributed by atoms with E-state index >= 15 is 0 Å². The Balaban J connectivity index is 1.73. The van der Waals surface area contributed by atoms with Gasteiger partial charge in [-0.2, -0.15) is 0 Å². The molecule has 34 heavy (non-hydrogen) atoms. The standard InChI is InChI=1S/C30H46O4/c1-18(2)9-8-10-19(3)20-11-16-29(6)25-21(12-15-28(20,29)5)27(4)14-13-24(32)30(7,26(33)34)23(27)17-22(25)31/h9,19-20,23-24,32H,8,10-17H2,1-7H3,(H,33,34)/t19-,20-,23-,24+,27-,28-,29+,30+/m1/s1. The van der Waals surface area contributed by atoms with Crippen LogP contribution >= 0.6 is 0 Å². The van der Waals surface area contributed by atoms with Crippen LogP contribution in [0, 0.1) is 39.4 Å². The summed E-state index contributed by atoms with van der Waals surface area (Å²) >= 11 is 0. The Hall–Kier alpha value is -1.42. The lowest BCUT2D eigenvalue weighted by atomic mass is 9.42. The van der Waals surface area contributed by atoms with Crippen molar-refractivity contribution in [2.45, 2.75) is 112 Å². The molecule has 2 N–H and O–H groups in total. The predicted octanol–water partition coefficient (Wildman–Crippen LogP) is 6.72. The molecule has 0 aromatic rings. The molecule has 0 aliphatic heterocycles. The number of carbonyl (C=O) groups is 2. The second kappa shape index (κ2) is 8.32. The Morgan fingerprint density at radius 1 is 1.12 bits per heavy atom. The van der Waals surface area contributed by atoms with Gasteiger partial charge in [-0.15, -0.1) is 0 Å². The Bertz CT molecular complexity index is 941. The van der Waals surface area contributed by atoms with Crippen LogP contribution in [0.4, 0.5) is 0 Å². The van der Waals surface area contributed by atoms with Gasteiger partial charge in [0.1, 0.15) is 0 Å². The Kier molecular flexibility index (Phi) is 6.28. The normalized spacial score (nSPS) is 44.7. The van der Waals surface area contributed by atoms with Crippen LogP contribution in [0.2, 0.25) is 0 Å². The Morgan fingerprint density at radius 2 is 1.79 bits per heavy atom. The highest BCUT2D eigenvalue weighted by Crippen LogP contribution is 2.71. The molecule has 0 radical (unpaired) electrons. The molecule has 4 heteroatoms. The topological polar surface area (TPSA) is 74.6 Å². The summed E-state index contributed by atoms with van der Waals surface area (Å²) < 4.78 is 0. The van der Waals surface area contributed by atoms with Crippen molar-refractivity contribution < 1.29 is 19.8 Å². The number of carbonyl (C=O) groups excluding carboxylic acids is 1. The van der Waals surface area contributed by atoms with Gasteiger partial charge in [-0.3, -0.25) is 9.59 Å². The second-order valence-corrected chi connectivity index (χ2v) is 13.3. The maximum atomic E-state index is 13.9. The van der Waals surface area contributed by atoms with Gasteiger partial charge in [0.2, 0.25) is 0 Å². The van der Waals surface area contributed by atoms with E-state index in [9.17, 15) is 19.8 Å². The summed E-state index contributed by atoms with van der Waals surface area (Å²) in [6, 6.07) is 0. The number of aliphatic hydroxyl groups excluding tert-OH is 1. The first-order chi connectivity index (χ1) is 15.7. The molecule has 2 saturated carbocycles. The number of Topliss-reactive ketones (excluding diaryl/α,β-unsaturated/α-hetero) is 1. The lowest BCUT2D eigenvalue weighted by Gasteiger charge is -2.60. The summed E-state index contributed by atoms with van der Waals surface area (Å²) in [6.07, 6.45) is 9.43. The van der Waals surface area contributed by atoms with E-state index in [4.69, 9.17) is 0 Å². The fraction of sp³-hybridized carbons (Fsp3) is 0.800. The largest absolute Gasteiger partial charge is 0.481 e. The molecule has 0 aromatic carbocycles. The zero-order valence-electron chi connectivity index (χ0n) is 22.5. The van der Waals surface area contributed by atoms with E-state index in [0.717, 1.165) is 37.7 Å². The van der Waals surface area contributed by atoms with Gasteiger partial charge in [0, 0.05) is 17.4 Å². The monoisotopic (exact) mass is 470 g/mol. The van der Waals surface area contributed by atoms with Crippen molar-refractivity contribution in [2.24, 2.45) is 39.4 Å². The van der Waals surface area contributed by atoms with Crippen LogP contribution in [0.25, 0.3) is 0 Å².